The monoisotopic (exact) mass is 389 g/mol. The number of aromatic nitrogens is 4. The van der Waals surface area contributed by atoms with Gasteiger partial charge in [0.2, 0.25) is 5.91 Å². The molecule has 29 heavy (non-hydrogen) atoms. The lowest BCUT2D eigenvalue weighted by molar-refractivity contribution is -0.116. The number of nitrogens with zero attached hydrogens (tertiary/aromatic N) is 4. The third-order valence-electron chi connectivity index (χ3n) is 5.51. The standard InChI is InChI=1S/C23H27N5O/c1-17-15-19(18(2)28(17)20-9-5-3-6-10-20)12-13-23(29)24-16-22-26-25-21-11-7-4-8-14-27(21)22/h3,5-6,9-10,12-13,15H,4,7-8,11,14,16H2,1-2H3,(H,24,29)/b13-12+. The number of rotatable bonds is 5. The smallest absolute Gasteiger partial charge is 0.244 e. The van der Waals surface area contributed by atoms with Crippen LogP contribution in [0.5, 0.6) is 0 Å². The number of aryl methyl sites for hydroxylation is 2. The molecule has 0 radical (unpaired) electrons. The molecule has 0 saturated carbocycles. The molecule has 1 aliphatic heterocycles. The number of para-hydroxylation sites is 1. The molecule has 1 amide bonds. The minimum atomic E-state index is -0.125. The van der Waals surface area contributed by atoms with Crippen LogP contribution in [0.2, 0.25) is 0 Å². The fourth-order valence-corrected chi connectivity index (χ4v) is 4.00. The molecule has 1 aromatic carbocycles. The minimum Gasteiger partial charge on any atom is -0.345 e. The second kappa shape index (κ2) is 8.47. The number of carbonyl (C=O) groups is 1. The normalized spacial score (nSPS) is 14.0. The van der Waals surface area contributed by atoms with Crippen molar-refractivity contribution in [3.8, 4) is 5.69 Å². The van der Waals surface area contributed by atoms with Crippen molar-refractivity contribution in [3.63, 3.8) is 0 Å². The van der Waals surface area contributed by atoms with Gasteiger partial charge >= 0.3 is 0 Å². The zero-order chi connectivity index (χ0) is 20.2. The van der Waals surface area contributed by atoms with Gasteiger partial charge in [0, 0.05) is 36.1 Å². The maximum Gasteiger partial charge on any atom is 0.244 e. The first-order valence-electron chi connectivity index (χ1n) is 10.2. The topological polar surface area (TPSA) is 64.7 Å². The van der Waals surface area contributed by atoms with Crippen molar-refractivity contribution in [2.75, 3.05) is 0 Å². The third-order valence-corrected chi connectivity index (χ3v) is 5.51. The Morgan fingerprint density at radius 3 is 2.79 bits per heavy atom. The molecule has 150 valence electrons. The summed E-state index contributed by atoms with van der Waals surface area (Å²) in [5.74, 6) is 1.75. The quantitative estimate of drug-likeness (QED) is 0.676. The molecule has 4 rings (SSSR count). The molecule has 6 nitrogen and oxygen atoms in total. The lowest BCUT2D eigenvalue weighted by atomic mass is 10.2. The van der Waals surface area contributed by atoms with Crippen LogP contribution in [0, 0.1) is 13.8 Å². The molecule has 1 aliphatic rings. The summed E-state index contributed by atoms with van der Waals surface area (Å²) in [4.78, 5) is 12.4. The van der Waals surface area contributed by atoms with E-state index >= 15 is 0 Å². The second-order valence-corrected chi connectivity index (χ2v) is 7.54. The summed E-state index contributed by atoms with van der Waals surface area (Å²) in [6.07, 6.45) is 7.97. The van der Waals surface area contributed by atoms with E-state index in [1.807, 2.05) is 24.3 Å². The number of amides is 1. The Morgan fingerprint density at radius 2 is 1.97 bits per heavy atom. The van der Waals surface area contributed by atoms with E-state index in [1.54, 1.807) is 6.08 Å². The van der Waals surface area contributed by atoms with Gasteiger partial charge in [-0.25, -0.2) is 0 Å². The lowest BCUT2D eigenvalue weighted by Crippen LogP contribution is -2.23. The van der Waals surface area contributed by atoms with E-state index in [-0.39, 0.29) is 5.91 Å². The van der Waals surface area contributed by atoms with Crippen molar-refractivity contribution in [3.05, 3.63) is 71.1 Å². The van der Waals surface area contributed by atoms with E-state index in [1.165, 1.54) is 6.42 Å². The maximum atomic E-state index is 12.4. The third kappa shape index (κ3) is 4.16. The van der Waals surface area contributed by atoms with E-state index in [0.717, 1.165) is 60.1 Å². The summed E-state index contributed by atoms with van der Waals surface area (Å²) in [6.45, 7) is 5.49. The molecule has 0 bridgehead atoms. The highest BCUT2D eigenvalue weighted by atomic mass is 16.1. The largest absolute Gasteiger partial charge is 0.345 e. The van der Waals surface area contributed by atoms with E-state index in [9.17, 15) is 4.79 Å². The molecule has 0 saturated heterocycles. The highest BCUT2D eigenvalue weighted by molar-refractivity contribution is 5.91. The first-order chi connectivity index (χ1) is 14.1. The van der Waals surface area contributed by atoms with Gasteiger partial charge in [0.05, 0.1) is 6.54 Å². The summed E-state index contributed by atoms with van der Waals surface area (Å²) >= 11 is 0. The van der Waals surface area contributed by atoms with Crippen LogP contribution < -0.4 is 5.32 Å². The second-order valence-electron chi connectivity index (χ2n) is 7.54. The van der Waals surface area contributed by atoms with Crippen LogP contribution >= 0.6 is 0 Å². The molecule has 0 spiro atoms. The summed E-state index contributed by atoms with van der Waals surface area (Å²) in [6, 6.07) is 12.3. The number of fused-ring (bicyclic) bond motifs is 1. The van der Waals surface area contributed by atoms with Crippen LogP contribution in [-0.2, 0) is 24.3 Å². The van der Waals surface area contributed by atoms with Gasteiger partial charge < -0.3 is 14.5 Å². The zero-order valence-corrected chi connectivity index (χ0v) is 17.1. The van der Waals surface area contributed by atoms with E-state index in [0.29, 0.717) is 6.54 Å². The van der Waals surface area contributed by atoms with Crippen molar-refractivity contribution < 1.29 is 4.79 Å². The predicted molar refractivity (Wildman–Crippen MR) is 114 cm³/mol. The highest BCUT2D eigenvalue weighted by Gasteiger charge is 2.15. The Balaban J connectivity index is 1.42. The van der Waals surface area contributed by atoms with Gasteiger partial charge in [-0.2, -0.15) is 0 Å². The van der Waals surface area contributed by atoms with Gasteiger partial charge in [0.15, 0.2) is 5.82 Å². The van der Waals surface area contributed by atoms with Crippen molar-refractivity contribution in [1.82, 2.24) is 24.6 Å². The van der Waals surface area contributed by atoms with Crippen LogP contribution in [0.1, 0.15) is 47.9 Å². The number of hydrogen-bond donors (Lipinski definition) is 1. The molecule has 0 unspecified atom stereocenters. The van der Waals surface area contributed by atoms with Crippen LogP contribution in [-0.4, -0.2) is 25.2 Å². The summed E-state index contributed by atoms with van der Waals surface area (Å²) in [7, 11) is 0. The Morgan fingerprint density at radius 1 is 1.14 bits per heavy atom. The summed E-state index contributed by atoms with van der Waals surface area (Å²) < 4.78 is 4.35. The van der Waals surface area contributed by atoms with Crippen molar-refractivity contribution in [2.24, 2.45) is 0 Å². The van der Waals surface area contributed by atoms with Crippen molar-refractivity contribution in [1.29, 1.82) is 0 Å². The molecule has 2 aromatic heterocycles. The Kier molecular flexibility index (Phi) is 5.60. The number of carbonyl (C=O) groups excluding carboxylic acids is 1. The molecule has 6 heteroatoms. The van der Waals surface area contributed by atoms with Crippen LogP contribution in [0.25, 0.3) is 11.8 Å². The predicted octanol–water partition coefficient (Wildman–Crippen LogP) is 3.74. The van der Waals surface area contributed by atoms with E-state index in [4.69, 9.17) is 0 Å². The van der Waals surface area contributed by atoms with E-state index < -0.39 is 0 Å². The number of nitrogens with one attached hydrogen (secondary N) is 1. The first-order valence-corrected chi connectivity index (χ1v) is 10.2. The maximum absolute atomic E-state index is 12.4. The SMILES string of the molecule is Cc1cc(/C=C/C(=O)NCc2nnc3n2CCCCC3)c(C)n1-c1ccccc1. The van der Waals surface area contributed by atoms with Gasteiger partial charge in [0.1, 0.15) is 5.82 Å². The van der Waals surface area contributed by atoms with Crippen molar-refractivity contribution >= 4 is 12.0 Å². The Bertz CT molecular complexity index is 1030. The first kappa shape index (κ1) is 19.2. The van der Waals surface area contributed by atoms with Gasteiger partial charge in [0.25, 0.3) is 0 Å². The average molecular weight is 390 g/mol. The molecule has 3 aromatic rings. The average Bonchev–Trinajstić information content (AvgIpc) is 3.14. The zero-order valence-electron chi connectivity index (χ0n) is 17.1. The van der Waals surface area contributed by atoms with Crippen LogP contribution in [0.15, 0.2) is 42.5 Å². The van der Waals surface area contributed by atoms with Crippen LogP contribution in [0.4, 0.5) is 0 Å². The molecule has 0 aliphatic carbocycles. The summed E-state index contributed by atoms with van der Waals surface area (Å²) in [5.41, 5.74) is 4.41. The van der Waals surface area contributed by atoms with Gasteiger partial charge in [-0.1, -0.05) is 24.6 Å². The lowest BCUT2D eigenvalue weighted by Gasteiger charge is -2.09. The molecule has 0 fully saturated rings. The number of hydrogen-bond acceptors (Lipinski definition) is 3. The molecule has 0 atom stereocenters. The number of benzene rings is 1. The fourth-order valence-electron chi connectivity index (χ4n) is 4.00. The molecule has 3 heterocycles. The minimum absolute atomic E-state index is 0.125. The van der Waals surface area contributed by atoms with Crippen molar-refractivity contribution in [2.45, 2.75) is 52.6 Å². The molecule has 1 N–H and O–H groups in total. The molecular formula is C23H27N5O. The van der Waals surface area contributed by atoms with E-state index in [2.05, 4.69) is 56.7 Å². The molecular weight excluding hydrogens is 362 g/mol. The Labute approximate surface area is 171 Å². The Hall–Kier alpha value is -3.15. The highest BCUT2D eigenvalue weighted by Crippen LogP contribution is 2.21. The van der Waals surface area contributed by atoms with Crippen LogP contribution in [0.3, 0.4) is 0 Å². The van der Waals surface area contributed by atoms with Gasteiger partial charge in [-0.3, -0.25) is 4.79 Å². The van der Waals surface area contributed by atoms with Gasteiger partial charge in [-0.15, -0.1) is 10.2 Å². The van der Waals surface area contributed by atoms with Gasteiger partial charge in [-0.05, 0) is 56.5 Å². The summed E-state index contributed by atoms with van der Waals surface area (Å²) in [5, 5.41) is 11.5. The fraction of sp³-hybridized carbons (Fsp3) is 0.348.